The van der Waals surface area contributed by atoms with Crippen molar-refractivity contribution < 1.29 is 13.2 Å². The number of nitrogens with one attached hydrogen (secondary N) is 1. The van der Waals surface area contributed by atoms with Crippen molar-refractivity contribution in [3.05, 3.63) is 29.2 Å². The van der Waals surface area contributed by atoms with E-state index in [4.69, 9.17) is 0 Å². The van der Waals surface area contributed by atoms with E-state index in [9.17, 15) is 13.2 Å². The van der Waals surface area contributed by atoms with Crippen LogP contribution in [0.5, 0.6) is 0 Å². The van der Waals surface area contributed by atoms with Crippen LogP contribution in [-0.2, 0) is 26.8 Å². The highest BCUT2D eigenvalue weighted by Gasteiger charge is 2.36. The van der Waals surface area contributed by atoms with Crippen LogP contribution in [0.3, 0.4) is 0 Å². The average molecular weight is 273 g/mol. The second kappa shape index (κ2) is 4.60. The predicted octanol–water partition coefficient (Wildman–Crippen LogP) is 2.09. The van der Waals surface area contributed by atoms with Gasteiger partial charge in [0.05, 0.1) is 0 Å². The minimum Gasteiger partial charge on any atom is -0.364 e. The maximum atomic E-state index is 12.7. The Labute approximate surface area is 108 Å². The van der Waals surface area contributed by atoms with Gasteiger partial charge >= 0.3 is 6.18 Å². The van der Waals surface area contributed by atoms with Crippen molar-refractivity contribution in [1.82, 2.24) is 19.6 Å². The zero-order valence-corrected chi connectivity index (χ0v) is 10.8. The summed E-state index contributed by atoms with van der Waals surface area (Å²) in [6.45, 7) is 1.89. The van der Waals surface area contributed by atoms with E-state index in [1.54, 1.807) is 17.8 Å². The molecule has 0 aromatic carbocycles. The second-order valence-electron chi connectivity index (χ2n) is 4.32. The molecule has 0 aliphatic heterocycles. The highest BCUT2D eigenvalue weighted by Crippen LogP contribution is 2.30. The molecule has 0 radical (unpaired) electrons. The standard InChI is InChI=1S/C11H14F3N5/c1-7-4-9(16-19(7)3)15-5-8-6-18(2)17-10(8)11(12,13)14/h4,6H,5H2,1-3H3,(H,15,16). The molecule has 0 unspecified atom stereocenters. The summed E-state index contributed by atoms with van der Waals surface area (Å²) >= 11 is 0. The van der Waals surface area contributed by atoms with Crippen molar-refractivity contribution in [3.63, 3.8) is 0 Å². The summed E-state index contributed by atoms with van der Waals surface area (Å²) in [5, 5.41) is 10.4. The number of aromatic nitrogens is 4. The molecule has 0 saturated carbocycles. The Kier molecular flexibility index (Phi) is 3.25. The number of aryl methyl sites for hydroxylation is 3. The fourth-order valence-electron chi connectivity index (χ4n) is 1.74. The lowest BCUT2D eigenvalue weighted by Crippen LogP contribution is -2.11. The van der Waals surface area contributed by atoms with Crippen molar-refractivity contribution in [1.29, 1.82) is 0 Å². The zero-order chi connectivity index (χ0) is 14.2. The van der Waals surface area contributed by atoms with Gasteiger partial charge < -0.3 is 5.32 Å². The van der Waals surface area contributed by atoms with E-state index in [0.29, 0.717) is 5.82 Å². The predicted molar refractivity (Wildman–Crippen MR) is 63.5 cm³/mol. The number of alkyl halides is 3. The van der Waals surface area contributed by atoms with Crippen LogP contribution >= 0.6 is 0 Å². The van der Waals surface area contributed by atoms with Crippen LogP contribution in [0.15, 0.2) is 12.3 Å². The molecule has 0 aliphatic rings. The van der Waals surface area contributed by atoms with Gasteiger partial charge in [0, 0.05) is 44.2 Å². The van der Waals surface area contributed by atoms with E-state index in [1.807, 2.05) is 6.92 Å². The molecule has 2 heterocycles. The second-order valence-corrected chi connectivity index (χ2v) is 4.32. The van der Waals surface area contributed by atoms with Crippen LogP contribution in [-0.4, -0.2) is 19.6 Å². The molecule has 5 nitrogen and oxygen atoms in total. The Balaban J connectivity index is 2.15. The molecule has 0 fully saturated rings. The largest absolute Gasteiger partial charge is 0.435 e. The van der Waals surface area contributed by atoms with Crippen molar-refractivity contribution in [2.45, 2.75) is 19.6 Å². The van der Waals surface area contributed by atoms with Gasteiger partial charge in [0.2, 0.25) is 0 Å². The van der Waals surface area contributed by atoms with Gasteiger partial charge in [-0.15, -0.1) is 0 Å². The monoisotopic (exact) mass is 273 g/mol. The normalized spacial score (nSPS) is 11.9. The van der Waals surface area contributed by atoms with Gasteiger partial charge in [-0.2, -0.15) is 23.4 Å². The number of nitrogens with zero attached hydrogens (tertiary/aromatic N) is 4. The fraction of sp³-hybridized carbons (Fsp3) is 0.455. The SMILES string of the molecule is Cc1cc(NCc2cn(C)nc2C(F)(F)F)nn1C. The molecule has 0 aliphatic carbocycles. The van der Waals surface area contributed by atoms with Crippen molar-refractivity contribution in [2.24, 2.45) is 14.1 Å². The van der Waals surface area contributed by atoms with Crippen LogP contribution in [0.25, 0.3) is 0 Å². The first-order chi connectivity index (χ1) is 8.77. The van der Waals surface area contributed by atoms with E-state index >= 15 is 0 Å². The Morgan fingerprint density at radius 3 is 2.47 bits per heavy atom. The highest BCUT2D eigenvalue weighted by molar-refractivity contribution is 5.37. The van der Waals surface area contributed by atoms with Gasteiger partial charge in [0.15, 0.2) is 5.69 Å². The Morgan fingerprint density at radius 2 is 1.95 bits per heavy atom. The molecule has 2 aromatic rings. The molecular formula is C11H14F3N5. The zero-order valence-electron chi connectivity index (χ0n) is 10.8. The summed E-state index contributed by atoms with van der Waals surface area (Å²) in [7, 11) is 3.23. The maximum Gasteiger partial charge on any atom is 0.435 e. The first-order valence-electron chi connectivity index (χ1n) is 5.61. The minimum absolute atomic E-state index is 0.0269. The number of halogens is 3. The molecule has 0 amide bonds. The van der Waals surface area contributed by atoms with Gasteiger partial charge in [0.1, 0.15) is 5.82 Å². The molecule has 8 heteroatoms. The maximum absolute atomic E-state index is 12.7. The molecule has 0 spiro atoms. The molecule has 0 saturated heterocycles. The lowest BCUT2D eigenvalue weighted by Gasteiger charge is -2.06. The third kappa shape index (κ3) is 2.88. The summed E-state index contributed by atoms with van der Waals surface area (Å²) < 4.78 is 41.0. The van der Waals surface area contributed by atoms with Gasteiger partial charge in [0.25, 0.3) is 0 Å². The molecule has 0 atom stereocenters. The van der Waals surface area contributed by atoms with Gasteiger partial charge in [-0.3, -0.25) is 9.36 Å². The molecule has 1 N–H and O–H groups in total. The summed E-state index contributed by atoms with van der Waals surface area (Å²) in [5.41, 5.74) is 0.151. The smallest absolute Gasteiger partial charge is 0.364 e. The number of hydrogen-bond acceptors (Lipinski definition) is 3. The number of rotatable bonds is 3. The van der Waals surface area contributed by atoms with Crippen LogP contribution in [0.1, 0.15) is 17.0 Å². The summed E-state index contributed by atoms with van der Waals surface area (Å²) in [5.74, 6) is 0.539. The molecule has 2 rings (SSSR count). The highest BCUT2D eigenvalue weighted by atomic mass is 19.4. The minimum atomic E-state index is -4.45. The Bertz CT molecular complexity index is 562. The quantitative estimate of drug-likeness (QED) is 0.931. The van der Waals surface area contributed by atoms with Crippen molar-refractivity contribution in [2.75, 3.05) is 5.32 Å². The molecule has 19 heavy (non-hydrogen) atoms. The molecular weight excluding hydrogens is 259 g/mol. The first-order valence-corrected chi connectivity index (χ1v) is 5.61. The molecule has 0 bridgehead atoms. The summed E-state index contributed by atoms with van der Waals surface area (Å²) in [6, 6.07) is 1.77. The van der Waals surface area contributed by atoms with Crippen molar-refractivity contribution in [3.8, 4) is 0 Å². The van der Waals surface area contributed by atoms with Gasteiger partial charge in [-0.05, 0) is 6.92 Å². The van der Waals surface area contributed by atoms with Crippen LogP contribution in [0.2, 0.25) is 0 Å². The fourth-order valence-corrected chi connectivity index (χ4v) is 1.74. The Hall–Kier alpha value is -1.99. The summed E-state index contributed by atoms with van der Waals surface area (Å²) in [4.78, 5) is 0. The topological polar surface area (TPSA) is 47.7 Å². The van der Waals surface area contributed by atoms with E-state index < -0.39 is 11.9 Å². The van der Waals surface area contributed by atoms with Crippen LogP contribution in [0.4, 0.5) is 19.0 Å². The van der Waals surface area contributed by atoms with Gasteiger partial charge in [-0.1, -0.05) is 0 Å². The lowest BCUT2D eigenvalue weighted by atomic mass is 10.2. The third-order valence-corrected chi connectivity index (χ3v) is 2.75. The summed E-state index contributed by atoms with van der Waals surface area (Å²) in [6.07, 6.45) is -3.09. The first kappa shape index (κ1) is 13.4. The van der Waals surface area contributed by atoms with E-state index in [2.05, 4.69) is 15.5 Å². The molecule has 104 valence electrons. The van der Waals surface area contributed by atoms with E-state index in [-0.39, 0.29) is 12.1 Å². The van der Waals surface area contributed by atoms with E-state index in [0.717, 1.165) is 10.4 Å². The van der Waals surface area contributed by atoms with Crippen molar-refractivity contribution >= 4 is 5.82 Å². The van der Waals surface area contributed by atoms with Crippen LogP contribution in [0, 0.1) is 6.92 Å². The molecule has 2 aromatic heterocycles. The number of hydrogen-bond donors (Lipinski definition) is 1. The Morgan fingerprint density at radius 1 is 1.26 bits per heavy atom. The third-order valence-electron chi connectivity index (χ3n) is 2.75. The van der Waals surface area contributed by atoms with Gasteiger partial charge in [-0.25, -0.2) is 0 Å². The lowest BCUT2D eigenvalue weighted by molar-refractivity contribution is -0.142. The van der Waals surface area contributed by atoms with E-state index in [1.165, 1.54) is 13.2 Å². The van der Waals surface area contributed by atoms with Crippen LogP contribution < -0.4 is 5.32 Å². The average Bonchev–Trinajstić information content (AvgIpc) is 2.80. The number of anilines is 1.